The molecule has 24 heavy (non-hydrogen) atoms. The molecule has 1 amide bonds. The lowest BCUT2D eigenvalue weighted by molar-refractivity contribution is -0.384. The summed E-state index contributed by atoms with van der Waals surface area (Å²) in [6.07, 6.45) is 4.35. The van der Waals surface area contributed by atoms with Gasteiger partial charge < -0.3 is 0 Å². The number of anilines is 1. The van der Waals surface area contributed by atoms with Gasteiger partial charge in [0.2, 0.25) is 0 Å². The van der Waals surface area contributed by atoms with Gasteiger partial charge in [-0.2, -0.15) is 0 Å². The molecule has 0 saturated carbocycles. The van der Waals surface area contributed by atoms with E-state index in [9.17, 15) is 14.9 Å². The molecule has 0 bridgehead atoms. The maximum absolute atomic E-state index is 12.4. The Balaban J connectivity index is 1.58. The van der Waals surface area contributed by atoms with Crippen molar-refractivity contribution in [3.05, 3.63) is 49.8 Å². The van der Waals surface area contributed by atoms with E-state index >= 15 is 0 Å². The number of fused-ring (bicyclic) bond motifs is 2. The lowest BCUT2D eigenvalue weighted by Crippen LogP contribution is -2.09. The van der Waals surface area contributed by atoms with Gasteiger partial charge in [-0.05, 0) is 37.8 Å². The first-order valence-electron chi connectivity index (χ1n) is 7.58. The number of thiophene rings is 1. The van der Waals surface area contributed by atoms with Crippen LogP contribution in [0.1, 0.15) is 33.1 Å². The molecule has 0 aliphatic heterocycles. The predicted molar refractivity (Wildman–Crippen MR) is 95.2 cm³/mol. The highest BCUT2D eigenvalue weighted by Crippen LogP contribution is 2.32. The van der Waals surface area contributed by atoms with Gasteiger partial charge in [-0.1, -0.05) is 0 Å². The number of amides is 1. The number of benzene rings is 1. The van der Waals surface area contributed by atoms with Gasteiger partial charge >= 0.3 is 0 Å². The molecular formula is C16H13N3O3S2. The fourth-order valence-electron chi connectivity index (χ4n) is 2.82. The molecule has 0 radical (unpaired) electrons. The van der Waals surface area contributed by atoms with Crippen LogP contribution in [0.25, 0.3) is 10.1 Å². The molecule has 0 spiro atoms. The minimum absolute atomic E-state index is 0.0276. The van der Waals surface area contributed by atoms with Crippen molar-refractivity contribution in [1.82, 2.24) is 4.98 Å². The van der Waals surface area contributed by atoms with E-state index in [0.717, 1.165) is 29.7 Å². The van der Waals surface area contributed by atoms with Crippen molar-refractivity contribution in [2.75, 3.05) is 5.32 Å². The molecule has 1 N–H and O–H groups in total. The lowest BCUT2D eigenvalue weighted by Gasteiger charge is -2.06. The van der Waals surface area contributed by atoms with Crippen LogP contribution in [0.4, 0.5) is 10.8 Å². The van der Waals surface area contributed by atoms with Crippen LogP contribution in [0.5, 0.6) is 0 Å². The maximum atomic E-state index is 12.4. The average molecular weight is 359 g/mol. The summed E-state index contributed by atoms with van der Waals surface area (Å²) in [4.78, 5) is 29.2. The highest BCUT2D eigenvalue weighted by atomic mass is 32.1. The first-order valence-corrected chi connectivity index (χ1v) is 9.21. The molecule has 8 heteroatoms. The predicted octanol–water partition coefficient (Wildman–Crippen LogP) is 4.40. The van der Waals surface area contributed by atoms with Crippen LogP contribution in [0, 0.1) is 10.1 Å². The number of carbonyl (C=O) groups is 1. The number of aryl methyl sites for hydroxylation is 2. The largest absolute Gasteiger partial charge is 0.297 e. The molecular weight excluding hydrogens is 346 g/mol. The summed E-state index contributed by atoms with van der Waals surface area (Å²) in [7, 11) is 0. The monoisotopic (exact) mass is 359 g/mol. The minimum Gasteiger partial charge on any atom is -0.297 e. The van der Waals surface area contributed by atoms with Crippen molar-refractivity contribution in [2.45, 2.75) is 25.7 Å². The zero-order valence-corrected chi connectivity index (χ0v) is 14.2. The molecule has 0 atom stereocenters. The van der Waals surface area contributed by atoms with E-state index in [1.54, 1.807) is 23.5 Å². The lowest BCUT2D eigenvalue weighted by atomic mass is 10.0. The highest BCUT2D eigenvalue weighted by molar-refractivity contribution is 7.21. The first kappa shape index (κ1) is 15.2. The Labute approximate surface area is 145 Å². The molecule has 1 aliphatic rings. The van der Waals surface area contributed by atoms with Crippen molar-refractivity contribution in [2.24, 2.45) is 0 Å². The van der Waals surface area contributed by atoms with Crippen molar-refractivity contribution in [3.8, 4) is 0 Å². The van der Waals surface area contributed by atoms with E-state index in [-0.39, 0.29) is 11.6 Å². The number of aromatic nitrogens is 1. The van der Waals surface area contributed by atoms with Crippen LogP contribution in [-0.2, 0) is 12.8 Å². The van der Waals surface area contributed by atoms with Crippen molar-refractivity contribution >= 4 is 49.5 Å². The fourth-order valence-corrected chi connectivity index (χ4v) is 4.80. The molecule has 2 aromatic heterocycles. The number of nitrogens with one attached hydrogen (secondary N) is 1. The third-order valence-electron chi connectivity index (χ3n) is 4.00. The summed E-state index contributed by atoms with van der Waals surface area (Å²) >= 11 is 2.87. The summed E-state index contributed by atoms with van der Waals surface area (Å²) in [6.45, 7) is 0. The van der Waals surface area contributed by atoms with Crippen LogP contribution in [0.2, 0.25) is 0 Å². The van der Waals surface area contributed by atoms with Crippen molar-refractivity contribution in [3.63, 3.8) is 0 Å². The van der Waals surface area contributed by atoms with Gasteiger partial charge in [0, 0.05) is 27.1 Å². The summed E-state index contributed by atoms with van der Waals surface area (Å²) in [5.41, 5.74) is 1.13. The molecule has 6 nitrogen and oxygen atoms in total. The molecule has 2 heterocycles. The maximum Gasteiger partial charge on any atom is 0.270 e. The standard InChI is InChI=1S/C16H13N3O3S2/c20-15(18-16-17-11-3-1-2-4-13(11)24-16)14-8-9-7-10(19(21)22)5-6-12(9)23-14/h5-8H,1-4H2,(H,17,18,20). The van der Waals surface area contributed by atoms with Gasteiger partial charge in [0.25, 0.3) is 11.6 Å². The zero-order valence-electron chi connectivity index (χ0n) is 12.6. The Morgan fingerprint density at radius 1 is 1.21 bits per heavy atom. The summed E-state index contributed by atoms with van der Waals surface area (Å²) in [5, 5.41) is 15.0. The molecule has 4 rings (SSSR count). The molecule has 1 aliphatic carbocycles. The number of rotatable bonds is 3. The van der Waals surface area contributed by atoms with Crippen LogP contribution in [0.3, 0.4) is 0 Å². The Hall–Kier alpha value is -2.32. The highest BCUT2D eigenvalue weighted by Gasteiger charge is 2.18. The number of non-ortho nitro benzene ring substituents is 1. The Kier molecular flexibility index (Phi) is 3.78. The fraction of sp³-hybridized carbons (Fsp3) is 0.250. The minimum atomic E-state index is -0.434. The first-order chi connectivity index (χ1) is 11.6. The van der Waals surface area contributed by atoms with Gasteiger partial charge in [0.1, 0.15) is 0 Å². The van der Waals surface area contributed by atoms with Gasteiger partial charge in [0.05, 0.1) is 15.5 Å². The number of nitro groups is 1. The molecule has 0 saturated heterocycles. The molecule has 0 unspecified atom stereocenters. The van der Waals surface area contributed by atoms with Gasteiger partial charge in [-0.3, -0.25) is 20.2 Å². The number of carbonyl (C=O) groups excluding carboxylic acids is 1. The van der Waals surface area contributed by atoms with E-state index in [1.807, 2.05) is 0 Å². The Morgan fingerprint density at radius 2 is 2.04 bits per heavy atom. The summed E-state index contributed by atoms with van der Waals surface area (Å²) < 4.78 is 0.851. The summed E-state index contributed by atoms with van der Waals surface area (Å²) in [5.74, 6) is -0.218. The van der Waals surface area contributed by atoms with Crippen LogP contribution in [-0.4, -0.2) is 15.8 Å². The molecule has 122 valence electrons. The van der Waals surface area contributed by atoms with E-state index < -0.39 is 4.92 Å². The van der Waals surface area contributed by atoms with Gasteiger partial charge in [-0.25, -0.2) is 4.98 Å². The number of hydrogen-bond acceptors (Lipinski definition) is 6. The quantitative estimate of drug-likeness (QED) is 0.555. The molecule has 1 aromatic carbocycles. The normalized spacial score (nSPS) is 13.7. The second-order valence-corrected chi connectivity index (χ2v) is 7.81. The van der Waals surface area contributed by atoms with Crippen molar-refractivity contribution in [1.29, 1.82) is 0 Å². The Morgan fingerprint density at radius 3 is 2.83 bits per heavy atom. The second kappa shape index (κ2) is 5.95. The van der Waals surface area contributed by atoms with Crippen LogP contribution in [0.15, 0.2) is 24.3 Å². The smallest absolute Gasteiger partial charge is 0.270 e. The number of thiazole rings is 1. The SMILES string of the molecule is O=C(Nc1nc2c(s1)CCCC2)c1cc2cc([N+](=O)[O-])ccc2s1. The Bertz CT molecular complexity index is 937. The van der Waals surface area contributed by atoms with Crippen molar-refractivity contribution < 1.29 is 9.72 Å². The zero-order chi connectivity index (χ0) is 16.7. The molecule has 0 fully saturated rings. The van der Waals surface area contributed by atoms with Crippen LogP contribution < -0.4 is 5.32 Å². The molecule has 3 aromatic rings. The third-order valence-corrected chi connectivity index (χ3v) is 6.19. The van der Waals surface area contributed by atoms with E-state index in [2.05, 4.69) is 10.3 Å². The topological polar surface area (TPSA) is 85.1 Å². The van der Waals surface area contributed by atoms with Gasteiger partial charge in [0.15, 0.2) is 5.13 Å². The summed E-state index contributed by atoms with van der Waals surface area (Å²) in [6, 6.07) is 6.31. The third kappa shape index (κ3) is 2.78. The second-order valence-electron chi connectivity index (χ2n) is 5.64. The van der Waals surface area contributed by atoms with Crippen LogP contribution >= 0.6 is 22.7 Å². The van der Waals surface area contributed by atoms with Gasteiger partial charge in [-0.15, -0.1) is 22.7 Å². The average Bonchev–Trinajstić information content (AvgIpc) is 3.16. The van der Waals surface area contributed by atoms with E-state index in [1.165, 1.54) is 34.8 Å². The number of nitro benzene ring substituents is 1. The van der Waals surface area contributed by atoms with E-state index in [0.29, 0.717) is 15.4 Å². The number of hydrogen-bond donors (Lipinski definition) is 1. The number of nitrogens with zero attached hydrogens (tertiary/aromatic N) is 2. The van der Waals surface area contributed by atoms with E-state index in [4.69, 9.17) is 0 Å².